The van der Waals surface area contributed by atoms with Gasteiger partial charge in [0.25, 0.3) is 5.91 Å². The molecule has 1 aromatic rings. The van der Waals surface area contributed by atoms with Gasteiger partial charge in [-0.2, -0.15) is 4.31 Å². The number of carbonyl (C=O) groups excluding carboxylic acids is 1. The summed E-state index contributed by atoms with van der Waals surface area (Å²) in [5.41, 5.74) is 1.33. The van der Waals surface area contributed by atoms with E-state index in [-0.39, 0.29) is 11.7 Å². The number of carbonyl (C=O) groups is 1. The maximum absolute atomic E-state index is 12.5. The summed E-state index contributed by atoms with van der Waals surface area (Å²) in [7, 11) is -3.34. The van der Waals surface area contributed by atoms with Crippen molar-refractivity contribution in [3.05, 3.63) is 35.4 Å². The van der Waals surface area contributed by atoms with E-state index in [1.807, 2.05) is 4.90 Å². The van der Waals surface area contributed by atoms with Gasteiger partial charge in [-0.3, -0.25) is 4.79 Å². The molecule has 0 atom stereocenters. The minimum atomic E-state index is -3.34. The summed E-state index contributed by atoms with van der Waals surface area (Å²) < 4.78 is 31.6. The number of hydrogen-bond donors (Lipinski definition) is 0. The van der Waals surface area contributed by atoms with Crippen molar-refractivity contribution in [1.82, 2.24) is 9.21 Å². The lowest BCUT2D eigenvalue weighted by atomic mass is 9.98. The molecular formula is C18H26N2O4S. The van der Waals surface area contributed by atoms with E-state index in [9.17, 15) is 13.2 Å². The van der Waals surface area contributed by atoms with Gasteiger partial charge in [0.05, 0.1) is 19.0 Å². The van der Waals surface area contributed by atoms with Gasteiger partial charge in [0.2, 0.25) is 10.0 Å². The summed E-state index contributed by atoms with van der Waals surface area (Å²) in [6.07, 6.45) is 2.09. The number of ether oxygens (including phenoxy) is 1. The molecule has 2 heterocycles. The third kappa shape index (κ3) is 4.59. The number of benzene rings is 1. The van der Waals surface area contributed by atoms with E-state index in [0.29, 0.717) is 43.3 Å². The molecular weight excluding hydrogens is 340 g/mol. The molecule has 1 aromatic carbocycles. The number of sulfonamides is 1. The van der Waals surface area contributed by atoms with Crippen molar-refractivity contribution in [1.29, 1.82) is 0 Å². The Bertz CT molecular complexity index is 688. The average molecular weight is 366 g/mol. The molecule has 3 rings (SSSR count). The van der Waals surface area contributed by atoms with Crippen molar-refractivity contribution in [3.8, 4) is 0 Å². The molecule has 1 amide bonds. The molecule has 0 saturated carbocycles. The number of rotatable bonds is 4. The molecule has 0 spiro atoms. The number of piperidine rings is 1. The number of hydrogen-bond acceptors (Lipinski definition) is 4. The molecule has 25 heavy (non-hydrogen) atoms. The van der Waals surface area contributed by atoms with Crippen molar-refractivity contribution in [3.63, 3.8) is 0 Å². The van der Waals surface area contributed by atoms with Gasteiger partial charge < -0.3 is 9.64 Å². The van der Waals surface area contributed by atoms with Crippen LogP contribution in [-0.2, 0) is 20.5 Å². The maximum atomic E-state index is 12.5. The van der Waals surface area contributed by atoms with E-state index in [1.54, 1.807) is 24.3 Å². The molecule has 6 nitrogen and oxygen atoms in total. The molecule has 2 aliphatic heterocycles. The van der Waals surface area contributed by atoms with Crippen molar-refractivity contribution in [2.24, 2.45) is 5.92 Å². The number of morpholine rings is 1. The van der Waals surface area contributed by atoms with Gasteiger partial charge in [-0.1, -0.05) is 19.1 Å². The second-order valence-corrected chi connectivity index (χ2v) is 8.91. The van der Waals surface area contributed by atoms with Gasteiger partial charge in [-0.05, 0) is 36.5 Å². The molecule has 0 N–H and O–H groups in total. The Morgan fingerprint density at radius 1 is 1.08 bits per heavy atom. The molecule has 0 aromatic heterocycles. The fourth-order valence-electron chi connectivity index (χ4n) is 3.26. The lowest BCUT2D eigenvalue weighted by Crippen LogP contribution is -2.41. The largest absolute Gasteiger partial charge is 0.379 e. The van der Waals surface area contributed by atoms with Crippen LogP contribution in [0.3, 0.4) is 0 Å². The monoisotopic (exact) mass is 366 g/mol. The fourth-order valence-corrected chi connectivity index (χ4v) is 4.77. The van der Waals surface area contributed by atoms with Crippen molar-refractivity contribution < 1.29 is 17.9 Å². The van der Waals surface area contributed by atoms with Gasteiger partial charge in [0, 0.05) is 31.7 Å². The van der Waals surface area contributed by atoms with Gasteiger partial charge in [0.1, 0.15) is 0 Å². The summed E-state index contributed by atoms with van der Waals surface area (Å²) in [4.78, 5) is 14.4. The Balaban J connectivity index is 1.62. The summed E-state index contributed by atoms with van der Waals surface area (Å²) in [5, 5.41) is 0. The van der Waals surface area contributed by atoms with E-state index < -0.39 is 10.0 Å². The topological polar surface area (TPSA) is 66.9 Å². The van der Waals surface area contributed by atoms with Gasteiger partial charge in [-0.25, -0.2) is 8.42 Å². The lowest BCUT2D eigenvalue weighted by molar-refractivity contribution is 0.0697. The first-order chi connectivity index (χ1) is 12.0. The van der Waals surface area contributed by atoms with Crippen molar-refractivity contribution in [2.45, 2.75) is 25.5 Å². The highest BCUT2D eigenvalue weighted by Crippen LogP contribution is 2.19. The molecule has 138 valence electrons. The van der Waals surface area contributed by atoms with Crippen LogP contribution in [0.25, 0.3) is 0 Å². The van der Waals surface area contributed by atoms with Gasteiger partial charge in [0.15, 0.2) is 0 Å². The van der Waals surface area contributed by atoms with Crippen LogP contribution in [0, 0.1) is 5.92 Å². The predicted molar refractivity (Wildman–Crippen MR) is 95.8 cm³/mol. The third-order valence-electron chi connectivity index (χ3n) is 4.98. The quantitative estimate of drug-likeness (QED) is 0.814. The second kappa shape index (κ2) is 7.85. The zero-order chi connectivity index (χ0) is 17.9. The highest BCUT2D eigenvalue weighted by atomic mass is 32.2. The van der Waals surface area contributed by atoms with Crippen molar-refractivity contribution in [2.75, 3.05) is 39.4 Å². The predicted octanol–water partition coefficient (Wildman–Crippen LogP) is 1.72. The Kier molecular flexibility index (Phi) is 5.76. The van der Waals surface area contributed by atoms with E-state index in [1.165, 1.54) is 4.31 Å². The molecule has 2 saturated heterocycles. The van der Waals surface area contributed by atoms with E-state index in [2.05, 4.69) is 6.92 Å². The number of nitrogens with zero attached hydrogens (tertiary/aromatic N) is 2. The third-order valence-corrected chi connectivity index (χ3v) is 6.83. The van der Waals surface area contributed by atoms with E-state index >= 15 is 0 Å². The van der Waals surface area contributed by atoms with Gasteiger partial charge >= 0.3 is 0 Å². The first-order valence-corrected chi connectivity index (χ1v) is 10.5. The van der Waals surface area contributed by atoms with Crippen LogP contribution in [0.1, 0.15) is 35.7 Å². The smallest absolute Gasteiger partial charge is 0.253 e. The Hall–Kier alpha value is -1.44. The Morgan fingerprint density at radius 2 is 1.68 bits per heavy atom. The highest BCUT2D eigenvalue weighted by molar-refractivity contribution is 7.88. The standard InChI is InChI=1S/C18H26N2O4S/c1-15-6-8-19(9-7-15)18(21)17-4-2-16(3-5-17)14-25(22,23)20-10-12-24-13-11-20/h2-5,15H,6-14H2,1H3. The van der Waals surface area contributed by atoms with Gasteiger partial charge in [-0.15, -0.1) is 0 Å². The molecule has 0 bridgehead atoms. The van der Waals surface area contributed by atoms with Crippen LogP contribution in [-0.4, -0.2) is 62.9 Å². The van der Waals surface area contributed by atoms with Crippen LogP contribution >= 0.6 is 0 Å². The minimum absolute atomic E-state index is 0.0366. The molecule has 2 fully saturated rings. The van der Waals surface area contributed by atoms with Crippen LogP contribution in [0.15, 0.2) is 24.3 Å². The average Bonchev–Trinajstić information content (AvgIpc) is 2.63. The Labute approximate surface area is 149 Å². The molecule has 0 unspecified atom stereocenters. The Morgan fingerprint density at radius 3 is 2.28 bits per heavy atom. The summed E-state index contributed by atoms with van der Waals surface area (Å²) >= 11 is 0. The summed E-state index contributed by atoms with van der Waals surface area (Å²) in [6, 6.07) is 6.98. The first kappa shape index (κ1) is 18.4. The maximum Gasteiger partial charge on any atom is 0.253 e. The summed E-state index contributed by atoms with van der Waals surface area (Å²) in [6.45, 7) is 5.52. The highest BCUT2D eigenvalue weighted by Gasteiger charge is 2.25. The fraction of sp³-hybridized carbons (Fsp3) is 0.611. The zero-order valence-corrected chi connectivity index (χ0v) is 15.5. The van der Waals surface area contributed by atoms with Crippen LogP contribution in [0.5, 0.6) is 0 Å². The number of likely N-dealkylation sites (tertiary alicyclic amines) is 1. The van der Waals surface area contributed by atoms with Crippen LogP contribution < -0.4 is 0 Å². The molecule has 0 radical (unpaired) electrons. The van der Waals surface area contributed by atoms with Crippen LogP contribution in [0.2, 0.25) is 0 Å². The second-order valence-electron chi connectivity index (χ2n) is 6.94. The van der Waals surface area contributed by atoms with E-state index in [0.717, 1.165) is 25.9 Å². The zero-order valence-electron chi connectivity index (χ0n) is 14.7. The number of amides is 1. The molecule has 7 heteroatoms. The molecule has 2 aliphatic rings. The first-order valence-electron chi connectivity index (χ1n) is 8.89. The SMILES string of the molecule is CC1CCN(C(=O)c2ccc(CS(=O)(=O)N3CCOCC3)cc2)CC1. The van der Waals surface area contributed by atoms with Crippen LogP contribution in [0.4, 0.5) is 0 Å². The normalized spacial score (nSPS) is 20.6. The lowest BCUT2D eigenvalue weighted by Gasteiger charge is -2.30. The van der Waals surface area contributed by atoms with Crippen molar-refractivity contribution >= 4 is 15.9 Å². The minimum Gasteiger partial charge on any atom is -0.379 e. The summed E-state index contributed by atoms with van der Waals surface area (Å²) in [5.74, 6) is 0.675. The van der Waals surface area contributed by atoms with E-state index in [4.69, 9.17) is 4.74 Å². The molecule has 0 aliphatic carbocycles.